The van der Waals surface area contributed by atoms with Crippen molar-refractivity contribution in [3.05, 3.63) is 83.4 Å². The fourth-order valence-electron chi connectivity index (χ4n) is 3.02. The number of esters is 1. The van der Waals surface area contributed by atoms with E-state index in [2.05, 4.69) is 9.98 Å². The zero-order chi connectivity index (χ0) is 19.0. The average molecular weight is 397 g/mol. The van der Waals surface area contributed by atoms with Crippen molar-refractivity contribution >= 4 is 34.7 Å². The summed E-state index contributed by atoms with van der Waals surface area (Å²) in [6.45, 7) is 1.77. The van der Waals surface area contributed by atoms with Crippen molar-refractivity contribution in [2.45, 2.75) is 13.0 Å². The van der Waals surface area contributed by atoms with Crippen molar-refractivity contribution in [1.29, 1.82) is 0 Å². The molecule has 0 radical (unpaired) electrons. The molecule has 0 amide bonds. The lowest BCUT2D eigenvalue weighted by Gasteiger charge is -2.22. The van der Waals surface area contributed by atoms with Crippen LogP contribution < -0.4 is 14.9 Å². The number of methoxy groups -OCH3 is 1. The minimum Gasteiger partial charge on any atom is -0.466 e. The highest BCUT2D eigenvalue weighted by molar-refractivity contribution is 7.10. The number of thiophene rings is 1. The van der Waals surface area contributed by atoms with Crippen LogP contribution in [0.2, 0.25) is 0 Å². The molecule has 136 valence electrons. The SMILES string of the molecule is COC(=O)C1=C(C)N=c2s/c(=C\c3cccnc3)c(=O)n2C1c1cccs1. The number of nitrogens with zero attached hydrogens (tertiary/aromatic N) is 3. The molecule has 1 aliphatic heterocycles. The van der Waals surface area contributed by atoms with Crippen LogP contribution in [0, 0.1) is 0 Å². The van der Waals surface area contributed by atoms with Crippen molar-refractivity contribution in [1.82, 2.24) is 9.55 Å². The second-order valence-corrected chi connectivity index (χ2v) is 7.86. The maximum absolute atomic E-state index is 13.2. The number of ether oxygens (including phenoxy) is 1. The van der Waals surface area contributed by atoms with E-state index in [9.17, 15) is 9.59 Å². The Morgan fingerprint density at radius 3 is 2.85 bits per heavy atom. The highest BCUT2D eigenvalue weighted by atomic mass is 32.1. The Labute approximate surface area is 162 Å². The third kappa shape index (κ3) is 3.07. The van der Waals surface area contributed by atoms with E-state index in [1.54, 1.807) is 30.0 Å². The molecule has 0 saturated heterocycles. The minimum absolute atomic E-state index is 0.185. The molecule has 0 fully saturated rings. The van der Waals surface area contributed by atoms with Gasteiger partial charge in [0.25, 0.3) is 5.56 Å². The fourth-order valence-corrected chi connectivity index (χ4v) is 4.89. The van der Waals surface area contributed by atoms with Crippen molar-refractivity contribution in [3.63, 3.8) is 0 Å². The summed E-state index contributed by atoms with van der Waals surface area (Å²) < 4.78 is 7.09. The molecule has 0 bridgehead atoms. The molecule has 4 rings (SSSR count). The van der Waals surface area contributed by atoms with Crippen LogP contribution in [0.3, 0.4) is 0 Å². The van der Waals surface area contributed by atoms with E-state index in [0.717, 1.165) is 10.4 Å². The van der Waals surface area contributed by atoms with Gasteiger partial charge in [0, 0.05) is 17.3 Å². The third-order valence-electron chi connectivity index (χ3n) is 4.22. The molecule has 3 aromatic rings. The van der Waals surface area contributed by atoms with E-state index in [1.807, 2.05) is 29.6 Å². The van der Waals surface area contributed by atoms with Crippen molar-refractivity contribution in [3.8, 4) is 0 Å². The van der Waals surface area contributed by atoms with Crippen molar-refractivity contribution < 1.29 is 9.53 Å². The number of fused-ring (bicyclic) bond motifs is 1. The van der Waals surface area contributed by atoms with Crippen LogP contribution in [0.25, 0.3) is 6.08 Å². The number of hydrogen-bond donors (Lipinski definition) is 0. The number of carbonyl (C=O) groups is 1. The van der Waals surface area contributed by atoms with Crippen molar-refractivity contribution in [2.24, 2.45) is 4.99 Å². The van der Waals surface area contributed by atoms with Gasteiger partial charge in [-0.05, 0) is 36.1 Å². The number of carbonyl (C=O) groups excluding carboxylic acids is 1. The Hall–Kier alpha value is -2.84. The van der Waals surface area contributed by atoms with E-state index >= 15 is 0 Å². The molecule has 3 aromatic heterocycles. The lowest BCUT2D eigenvalue weighted by molar-refractivity contribution is -0.136. The van der Waals surface area contributed by atoms with Crippen LogP contribution >= 0.6 is 22.7 Å². The number of hydrogen-bond acceptors (Lipinski definition) is 7. The number of rotatable bonds is 3. The molecule has 0 aliphatic carbocycles. The summed E-state index contributed by atoms with van der Waals surface area (Å²) in [6, 6.07) is 6.97. The number of allylic oxidation sites excluding steroid dienone is 1. The van der Waals surface area contributed by atoms with Gasteiger partial charge in [0.2, 0.25) is 0 Å². The normalized spacial score (nSPS) is 16.8. The van der Waals surface area contributed by atoms with Gasteiger partial charge >= 0.3 is 5.97 Å². The molecule has 0 aromatic carbocycles. The standard InChI is InChI=1S/C19H15N3O3S2/c1-11-15(18(24)25-2)16(13-6-4-8-26-13)22-17(23)14(27-19(22)21-11)9-12-5-3-7-20-10-12/h3-10,16H,1-2H3/b14-9-. The Morgan fingerprint density at radius 2 is 2.19 bits per heavy atom. The van der Waals surface area contributed by atoms with Crippen LogP contribution in [0.5, 0.6) is 0 Å². The first-order chi connectivity index (χ1) is 13.1. The molecule has 1 aliphatic rings. The zero-order valence-corrected chi connectivity index (χ0v) is 16.2. The lowest BCUT2D eigenvalue weighted by atomic mass is 10.0. The van der Waals surface area contributed by atoms with Gasteiger partial charge in [0.1, 0.15) is 6.04 Å². The van der Waals surface area contributed by atoms with E-state index in [1.165, 1.54) is 29.8 Å². The van der Waals surface area contributed by atoms with Crippen LogP contribution in [0.15, 0.2) is 63.1 Å². The molecular formula is C19H15N3O3S2. The molecule has 0 spiro atoms. The zero-order valence-electron chi connectivity index (χ0n) is 14.6. The van der Waals surface area contributed by atoms with Crippen LogP contribution in [0.4, 0.5) is 0 Å². The number of pyridine rings is 1. The Kier molecular flexibility index (Phi) is 4.59. The Bertz CT molecular complexity index is 1210. The molecule has 1 unspecified atom stereocenters. The molecule has 27 heavy (non-hydrogen) atoms. The second kappa shape index (κ2) is 7.05. The number of aromatic nitrogens is 2. The molecule has 0 N–H and O–H groups in total. The molecule has 1 atom stereocenters. The van der Waals surface area contributed by atoms with E-state index < -0.39 is 12.0 Å². The summed E-state index contributed by atoms with van der Waals surface area (Å²) in [4.78, 5) is 35.7. The first-order valence-corrected chi connectivity index (χ1v) is 9.84. The Morgan fingerprint density at radius 1 is 1.33 bits per heavy atom. The van der Waals surface area contributed by atoms with Gasteiger partial charge in [0.05, 0.1) is 22.9 Å². The summed E-state index contributed by atoms with van der Waals surface area (Å²) in [5.41, 5.74) is 1.60. The molecule has 8 heteroatoms. The maximum Gasteiger partial charge on any atom is 0.338 e. The molecule has 4 heterocycles. The quantitative estimate of drug-likeness (QED) is 0.633. The highest BCUT2D eigenvalue weighted by Crippen LogP contribution is 2.32. The van der Waals surface area contributed by atoms with Crippen LogP contribution in [0.1, 0.15) is 23.4 Å². The molecule has 0 saturated carbocycles. The predicted octanol–water partition coefficient (Wildman–Crippen LogP) is 1.86. The second-order valence-electron chi connectivity index (χ2n) is 5.88. The van der Waals surface area contributed by atoms with Crippen LogP contribution in [-0.2, 0) is 9.53 Å². The summed E-state index contributed by atoms with van der Waals surface area (Å²) in [5.74, 6) is -0.476. The van der Waals surface area contributed by atoms with E-state index in [-0.39, 0.29) is 5.56 Å². The third-order valence-corrected chi connectivity index (χ3v) is 6.13. The van der Waals surface area contributed by atoms with Gasteiger partial charge < -0.3 is 4.74 Å². The predicted molar refractivity (Wildman–Crippen MR) is 104 cm³/mol. The molecular weight excluding hydrogens is 382 g/mol. The summed E-state index contributed by atoms with van der Waals surface area (Å²) in [7, 11) is 1.33. The van der Waals surface area contributed by atoms with Gasteiger partial charge in [-0.25, -0.2) is 9.79 Å². The maximum atomic E-state index is 13.2. The number of thiazole rings is 1. The minimum atomic E-state index is -0.537. The summed E-state index contributed by atoms with van der Waals surface area (Å²) in [6.07, 6.45) is 5.17. The van der Waals surface area contributed by atoms with Crippen LogP contribution in [-0.4, -0.2) is 22.6 Å². The lowest BCUT2D eigenvalue weighted by Crippen LogP contribution is -2.39. The largest absolute Gasteiger partial charge is 0.466 e. The fraction of sp³-hybridized carbons (Fsp3) is 0.158. The highest BCUT2D eigenvalue weighted by Gasteiger charge is 2.33. The Balaban J connectivity index is 1.98. The monoisotopic (exact) mass is 397 g/mol. The van der Waals surface area contributed by atoms with Gasteiger partial charge in [-0.3, -0.25) is 14.3 Å². The first kappa shape index (κ1) is 17.6. The summed E-state index contributed by atoms with van der Waals surface area (Å²) in [5, 5.41) is 1.92. The van der Waals surface area contributed by atoms with Gasteiger partial charge in [-0.1, -0.05) is 23.5 Å². The van der Waals surface area contributed by atoms with E-state index in [4.69, 9.17) is 4.74 Å². The van der Waals surface area contributed by atoms with E-state index in [0.29, 0.717) is 20.6 Å². The van der Waals surface area contributed by atoms with Gasteiger partial charge in [-0.15, -0.1) is 11.3 Å². The summed E-state index contributed by atoms with van der Waals surface area (Å²) >= 11 is 2.79. The van der Waals surface area contributed by atoms with Gasteiger partial charge in [0.15, 0.2) is 4.80 Å². The molecule has 6 nitrogen and oxygen atoms in total. The first-order valence-electron chi connectivity index (χ1n) is 8.14. The topological polar surface area (TPSA) is 73.6 Å². The van der Waals surface area contributed by atoms with Gasteiger partial charge in [-0.2, -0.15) is 0 Å². The smallest absolute Gasteiger partial charge is 0.338 e. The van der Waals surface area contributed by atoms with Crippen molar-refractivity contribution in [2.75, 3.05) is 7.11 Å². The average Bonchev–Trinajstić information content (AvgIpc) is 3.30.